The molecule has 2 heterocycles. The molecular weight excluding hydrogens is 380 g/mol. The Bertz CT molecular complexity index is 959. The van der Waals surface area contributed by atoms with Crippen LogP contribution in [0.1, 0.15) is 31.3 Å². The quantitative estimate of drug-likeness (QED) is 0.386. The lowest BCUT2D eigenvalue weighted by atomic mass is 10.1. The summed E-state index contributed by atoms with van der Waals surface area (Å²) in [5, 5.41) is 2.73. The van der Waals surface area contributed by atoms with Gasteiger partial charge in [-0.15, -0.1) is 0 Å². The molecule has 1 aromatic carbocycles. The number of thiol groups is 1. The summed E-state index contributed by atoms with van der Waals surface area (Å²) >= 11 is 4.25. The number of esters is 1. The van der Waals surface area contributed by atoms with Gasteiger partial charge in [-0.2, -0.15) is 0 Å². The molecule has 3 rings (SSSR count). The van der Waals surface area contributed by atoms with Crippen molar-refractivity contribution < 1.29 is 18.7 Å². The molecule has 0 unspecified atom stereocenters. The van der Waals surface area contributed by atoms with Crippen molar-refractivity contribution in [3.63, 3.8) is 0 Å². The number of aromatic nitrogens is 2. The molecule has 0 atom stereocenters. The Labute approximate surface area is 167 Å². The molecule has 28 heavy (non-hydrogen) atoms. The molecule has 1 N–H and O–H groups in total. The van der Waals surface area contributed by atoms with Crippen LogP contribution < -0.4 is 14.4 Å². The highest BCUT2D eigenvalue weighted by molar-refractivity contribution is 7.82. The van der Waals surface area contributed by atoms with Gasteiger partial charge in [0.1, 0.15) is 5.75 Å². The van der Waals surface area contributed by atoms with Crippen molar-refractivity contribution in [2.45, 2.75) is 26.3 Å². The minimum Gasteiger partial charge on any atom is -0.457 e. The number of nitrogens with one attached hydrogen (secondary N) is 1. The Kier molecular flexibility index (Phi) is 5.46. The highest BCUT2D eigenvalue weighted by Crippen LogP contribution is 2.24. The van der Waals surface area contributed by atoms with Gasteiger partial charge < -0.3 is 13.7 Å². The highest BCUT2D eigenvalue weighted by atomic mass is 32.1. The molecular formula is C19H20N4O4S. The van der Waals surface area contributed by atoms with Gasteiger partial charge in [-0.25, -0.2) is 18.9 Å². The van der Waals surface area contributed by atoms with Gasteiger partial charge in [0, 0.05) is 17.9 Å². The number of hydrogen-bond acceptors (Lipinski definition) is 6. The largest absolute Gasteiger partial charge is 0.457 e. The molecule has 8 nitrogen and oxygen atoms in total. The van der Waals surface area contributed by atoms with Gasteiger partial charge in [-0.3, -0.25) is 5.32 Å². The third-order valence-electron chi connectivity index (χ3n) is 3.79. The number of imidazole rings is 1. The lowest BCUT2D eigenvalue weighted by Crippen LogP contribution is -2.31. The van der Waals surface area contributed by atoms with Crippen molar-refractivity contribution in [1.29, 1.82) is 0 Å². The maximum absolute atomic E-state index is 12.5. The topological polar surface area (TPSA) is 89.6 Å². The SMILES string of the molecule is CC(C)(C)n1ccnc1NC(=O)N(S)c1ccc(OC(=O)c2ccco2)cc1. The smallest absolute Gasteiger partial charge is 0.379 e. The maximum Gasteiger partial charge on any atom is 0.379 e. The molecule has 0 aliphatic rings. The van der Waals surface area contributed by atoms with E-state index in [9.17, 15) is 9.59 Å². The van der Waals surface area contributed by atoms with Crippen LogP contribution in [0.3, 0.4) is 0 Å². The maximum atomic E-state index is 12.5. The van der Waals surface area contributed by atoms with Crippen LogP contribution in [0.4, 0.5) is 16.4 Å². The van der Waals surface area contributed by atoms with E-state index >= 15 is 0 Å². The Morgan fingerprint density at radius 2 is 1.93 bits per heavy atom. The molecule has 146 valence electrons. The summed E-state index contributed by atoms with van der Waals surface area (Å²) in [5.74, 6) is 0.233. The number of nitrogens with zero attached hydrogens (tertiary/aromatic N) is 3. The fourth-order valence-corrected chi connectivity index (χ4v) is 2.59. The highest BCUT2D eigenvalue weighted by Gasteiger charge is 2.20. The Morgan fingerprint density at radius 1 is 1.21 bits per heavy atom. The second-order valence-corrected chi connectivity index (χ2v) is 7.29. The Balaban J connectivity index is 1.66. The Morgan fingerprint density at radius 3 is 2.54 bits per heavy atom. The zero-order valence-corrected chi connectivity index (χ0v) is 16.5. The predicted octanol–water partition coefficient (Wildman–Crippen LogP) is 4.33. The number of ether oxygens (including phenoxy) is 1. The van der Waals surface area contributed by atoms with Gasteiger partial charge in [0.2, 0.25) is 11.7 Å². The number of furan rings is 1. The van der Waals surface area contributed by atoms with Gasteiger partial charge in [0.05, 0.1) is 12.0 Å². The van der Waals surface area contributed by atoms with Gasteiger partial charge in [-0.05, 0) is 57.2 Å². The molecule has 3 aromatic rings. The van der Waals surface area contributed by atoms with Crippen LogP contribution in [0, 0.1) is 0 Å². The monoisotopic (exact) mass is 400 g/mol. The van der Waals surface area contributed by atoms with Gasteiger partial charge in [0.15, 0.2) is 0 Å². The number of carbonyl (C=O) groups excluding carboxylic acids is 2. The summed E-state index contributed by atoms with van der Waals surface area (Å²) < 4.78 is 13.2. The molecule has 2 aromatic heterocycles. The summed E-state index contributed by atoms with van der Waals surface area (Å²) in [6.07, 6.45) is 4.80. The zero-order valence-electron chi connectivity index (χ0n) is 15.6. The molecule has 0 fully saturated rings. The van der Waals surface area contributed by atoms with E-state index in [0.717, 1.165) is 4.31 Å². The van der Waals surface area contributed by atoms with Crippen molar-refractivity contribution in [3.05, 3.63) is 60.8 Å². The first kappa shape index (κ1) is 19.6. The third-order valence-corrected chi connectivity index (χ3v) is 4.20. The predicted molar refractivity (Wildman–Crippen MR) is 108 cm³/mol. The van der Waals surface area contributed by atoms with Crippen molar-refractivity contribution in [2.75, 3.05) is 9.62 Å². The lowest BCUT2D eigenvalue weighted by Gasteiger charge is -2.24. The van der Waals surface area contributed by atoms with Crippen LogP contribution in [0.5, 0.6) is 5.75 Å². The number of amides is 2. The van der Waals surface area contributed by atoms with Crippen LogP contribution in [-0.2, 0) is 5.54 Å². The minimum atomic E-state index is -0.604. The molecule has 0 aliphatic heterocycles. The number of anilines is 2. The average Bonchev–Trinajstić information content (AvgIpc) is 3.33. The summed E-state index contributed by atoms with van der Waals surface area (Å²) in [7, 11) is 0. The summed E-state index contributed by atoms with van der Waals surface area (Å²) in [5.41, 5.74) is 0.257. The zero-order chi connectivity index (χ0) is 20.3. The number of hydrogen-bond donors (Lipinski definition) is 2. The van der Waals surface area contributed by atoms with Crippen LogP contribution in [0.25, 0.3) is 0 Å². The standard InChI is InChI=1S/C19H20N4O4S/c1-19(2,3)22-11-10-20-17(22)21-18(25)23(28)13-6-8-14(9-7-13)27-16(24)15-5-4-12-26-15/h4-12,28H,1-3H3,(H,20,21,25). The number of rotatable bonds is 4. The normalized spacial score (nSPS) is 11.1. The molecule has 9 heteroatoms. The first-order valence-electron chi connectivity index (χ1n) is 8.45. The summed E-state index contributed by atoms with van der Waals surface area (Å²) in [6, 6.07) is 8.97. The van der Waals surface area contributed by atoms with Crippen LogP contribution in [-0.4, -0.2) is 21.6 Å². The van der Waals surface area contributed by atoms with E-state index in [1.807, 2.05) is 25.3 Å². The van der Waals surface area contributed by atoms with E-state index < -0.39 is 12.0 Å². The van der Waals surface area contributed by atoms with E-state index in [-0.39, 0.29) is 11.3 Å². The van der Waals surface area contributed by atoms with Crippen molar-refractivity contribution in [3.8, 4) is 5.75 Å². The molecule has 0 aliphatic carbocycles. The Hall–Kier alpha value is -3.20. The first-order valence-corrected chi connectivity index (χ1v) is 8.85. The number of urea groups is 1. The van der Waals surface area contributed by atoms with Crippen LogP contribution >= 0.6 is 12.8 Å². The fourth-order valence-electron chi connectivity index (χ4n) is 2.41. The van der Waals surface area contributed by atoms with Crippen LogP contribution in [0.2, 0.25) is 0 Å². The molecule has 0 bridgehead atoms. The molecule has 0 saturated carbocycles. The second kappa shape index (κ2) is 7.81. The van der Waals surface area contributed by atoms with E-state index in [4.69, 9.17) is 9.15 Å². The number of carbonyl (C=O) groups is 2. The van der Waals surface area contributed by atoms with E-state index in [2.05, 4.69) is 23.1 Å². The fraction of sp³-hybridized carbons (Fsp3) is 0.211. The molecule has 0 radical (unpaired) electrons. The van der Waals surface area contributed by atoms with E-state index in [1.165, 1.54) is 12.3 Å². The molecule has 2 amide bonds. The van der Waals surface area contributed by atoms with E-state index in [1.54, 1.807) is 42.7 Å². The van der Waals surface area contributed by atoms with Crippen molar-refractivity contribution >= 4 is 36.5 Å². The number of benzene rings is 1. The third kappa shape index (κ3) is 4.37. The van der Waals surface area contributed by atoms with Crippen molar-refractivity contribution in [1.82, 2.24) is 9.55 Å². The van der Waals surface area contributed by atoms with Gasteiger partial charge >= 0.3 is 12.0 Å². The summed E-state index contributed by atoms with van der Waals surface area (Å²) in [4.78, 5) is 28.5. The molecule has 0 spiro atoms. The summed E-state index contributed by atoms with van der Waals surface area (Å²) in [6.45, 7) is 6.02. The molecule has 0 saturated heterocycles. The minimum absolute atomic E-state index is 0.105. The first-order chi connectivity index (χ1) is 13.3. The second-order valence-electron chi connectivity index (χ2n) is 6.89. The average molecular weight is 400 g/mol. The van der Waals surface area contributed by atoms with Crippen LogP contribution in [0.15, 0.2) is 59.5 Å². The lowest BCUT2D eigenvalue weighted by molar-refractivity contribution is 0.0701. The van der Waals surface area contributed by atoms with Gasteiger partial charge in [0.25, 0.3) is 0 Å². The van der Waals surface area contributed by atoms with Gasteiger partial charge in [-0.1, -0.05) is 12.8 Å². The van der Waals surface area contributed by atoms with Crippen molar-refractivity contribution in [2.24, 2.45) is 0 Å². The van der Waals surface area contributed by atoms with E-state index in [0.29, 0.717) is 17.4 Å².